The highest BCUT2D eigenvalue weighted by Gasteiger charge is 2.04. The lowest BCUT2D eigenvalue weighted by molar-refractivity contribution is 0.468. The molecule has 0 saturated heterocycles. The topological polar surface area (TPSA) is 29.9 Å². The molecule has 0 spiro atoms. The molecule has 0 saturated carbocycles. The lowest BCUT2D eigenvalue weighted by Gasteiger charge is -2.12. The zero-order chi connectivity index (χ0) is 11.3. The van der Waals surface area contributed by atoms with Crippen LogP contribution in [-0.4, -0.2) is 22.4 Å². The Morgan fingerprint density at radius 1 is 1.60 bits per heavy atom. The third-order valence-corrected chi connectivity index (χ3v) is 2.97. The van der Waals surface area contributed by atoms with Crippen molar-refractivity contribution in [2.45, 2.75) is 46.2 Å². The van der Waals surface area contributed by atoms with Crippen LogP contribution in [0, 0.1) is 6.92 Å². The van der Waals surface area contributed by atoms with Gasteiger partial charge in [0.25, 0.3) is 0 Å². The SMILES string of the molecule is CCNC(C)CCCn1ncc(Cl)c1C. The van der Waals surface area contributed by atoms with Gasteiger partial charge >= 0.3 is 0 Å². The van der Waals surface area contributed by atoms with Crippen molar-refractivity contribution in [2.75, 3.05) is 6.54 Å². The van der Waals surface area contributed by atoms with Crippen LogP contribution in [0.1, 0.15) is 32.4 Å². The number of halogens is 1. The maximum Gasteiger partial charge on any atom is 0.0814 e. The Balaban J connectivity index is 2.29. The molecule has 15 heavy (non-hydrogen) atoms. The molecule has 0 amide bonds. The minimum Gasteiger partial charge on any atom is -0.315 e. The van der Waals surface area contributed by atoms with Crippen molar-refractivity contribution in [2.24, 2.45) is 0 Å². The second-order valence-corrected chi connectivity index (χ2v) is 4.31. The molecule has 1 unspecified atom stereocenters. The molecule has 1 N–H and O–H groups in total. The molecular weight excluding hydrogens is 210 g/mol. The molecule has 0 aliphatic rings. The Kier molecular flexibility index (Phi) is 5.12. The Hall–Kier alpha value is -0.540. The number of rotatable bonds is 6. The maximum atomic E-state index is 5.92. The van der Waals surface area contributed by atoms with Crippen molar-refractivity contribution in [3.8, 4) is 0 Å². The average molecular weight is 230 g/mol. The summed E-state index contributed by atoms with van der Waals surface area (Å²) < 4.78 is 1.97. The molecule has 1 heterocycles. The summed E-state index contributed by atoms with van der Waals surface area (Å²) in [5.74, 6) is 0. The molecule has 4 heteroatoms. The van der Waals surface area contributed by atoms with Gasteiger partial charge < -0.3 is 5.32 Å². The van der Waals surface area contributed by atoms with Gasteiger partial charge in [0.15, 0.2) is 0 Å². The van der Waals surface area contributed by atoms with E-state index in [2.05, 4.69) is 24.3 Å². The monoisotopic (exact) mass is 229 g/mol. The van der Waals surface area contributed by atoms with E-state index in [1.807, 2.05) is 11.6 Å². The number of hydrogen-bond acceptors (Lipinski definition) is 2. The summed E-state index contributed by atoms with van der Waals surface area (Å²) in [6.45, 7) is 8.34. The zero-order valence-corrected chi connectivity index (χ0v) is 10.5. The first kappa shape index (κ1) is 12.5. The van der Waals surface area contributed by atoms with E-state index < -0.39 is 0 Å². The van der Waals surface area contributed by atoms with E-state index in [-0.39, 0.29) is 0 Å². The van der Waals surface area contributed by atoms with Crippen LogP contribution in [0.25, 0.3) is 0 Å². The van der Waals surface area contributed by atoms with Gasteiger partial charge in [-0.2, -0.15) is 5.10 Å². The summed E-state index contributed by atoms with van der Waals surface area (Å²) in [5, 5.41) is 8.38. The number of nitrogens with zero attached hydrogens (tertiary/aromatic N) is 2. The number of aromatic nitrogens is 2. The molecule has 0 fully saturated rings. The van der Waals surface area contributed by atoms with Crippen LogP contribution >= 0.6 is 11.6 Å². The van der Waals surface area contributed by atoms with Crippen LogP contribution in [0.3, 0.4) is 0 Å². The summed E-state index contributed by atoms with van der Waals surface area (Å²) in [5.41, 5.74) is 1.06. The molecule has 86 valence electrons. The third kappa shape index (κ3) is 3.84. The third-order valence-electron chi connectivity index (χ3n) is 2.60. The minimum absolute atomic E-state index is 0.585. The molecule has 0 radical (unpaired) electrons. The van der Waals surface area contributed by atoms with Crippen LogP contribution in [0.2, 0.25) is 5.02 Å². The molecular formula is C11H20ClN3. The maximum absolute atomic E-state index is 5.92. The van der Waals surface area contributed by atoms with Gasteiger partial charge in [0.05, 0.1) is 16.9 Å². The minimum atomic E-state index is 0.585. The van der Waals surface area contributed by atoms with Gasteiger partial charge in [-0.05, 0) is 33.2 Å². The highest BCUT2D eigenvalue weighted by molar-refractivity contribution is 6.31. The van der Waals surface area contributed by atoms with Gasteiger partial charge in [0, 0.05) is 12.6 Å². The van der Waals surface area contributed by atoms with Crippen LogP contribution < -0.4 is 5.32 Å². The molecule has 1 aromatic heterocycles. The lowest BCUT2D eigenvalue weighted by atomic mass is 10.2. The molecule has 0 aliphatic heterocycles. The lowest BCUT2D eigenvalue weighted by Crippen LogP contribution is -2.25. The van der Waals surface area contributed by atoms with E-state index in [0.717, 1.165) is 30.2 Å². The Morgan fingerprint density at radius 3 is 2.87 bits per heavy atom. The van der Waals surface area contributed by atoms with Crippen molar-refractivity contribution in [3.05, 3.63) is 16.9 Å². The van der Waals surface area contributed by atoms with Crippen molar-refractivity contribution in [1.29, 1.82) is 0 Å². The van der Waals surface area contributed by atoms with E-state index in [9.17, 15) is 0 Å². The van der Waals surface area contributed by atoms with Gasteiger partial charge in [0.1, 0.15) is 0 Å². The quantitative estimate of drug-likeness (QED) is 0.813. The molecule has 3 nitrogen and oxygen atoms in total. The molecule has 0 aliphatic carbocycles. The fourth-order valence-electron chi connectivity index (χ4n) is 1.65. The number of hydrogen-bond donors (Lipinski definition) is 1. The van der Waals surface area contributed by atoms with E-state index >= 15 is 0 Å². The standard InChI is InChI=1S/C11H20ClN3/c1-4-13-9(2)6-5-7-15-10(3)11(12)8-14-15/h8-9,13H,4-7H2,1-3H3. The van der Waals surface area contributed by atoms with E-state index in [1.165, 1.54) is 6.42 Å². The summed E-state index contributed by atoms with van der Waals surface area (Å²) in [4.78, 5) is 0. The van der Waals surface area contributed by atoms with Crippen molar-refractivity contribution < 1.29 is 0 Å². The zero-order valence-electron chi connectivity index (χ0n) is 9.76. The number of nitrogens with one attached hydrogen (secondary N) is 1. The Bertz CT molecular complexity index is 296. The second-order valence-electron chi connectivity index (χ2n) is 3.90. The smallest absolute Gasteiger partial charge is 0.0814 e. The fourth-order valence-corrected chi connectivity index (χ4v) is 1.79. The van der Waals surface area contributed by atoms with E-state index in [0.29, 0.717) is 6.04 Å². The molecule has 1 atom stereocenters. The first-order valence-corrected chi connectivity index (χ1v) is 5.94. The summed E-state index contributed by atoms with van der Waals surface area (Å²) in [6, 6.07) is 0.585. The highest BCUT2D eigenvalue weighted by Crippen LogP contribution is 2.13. The van der Waals surface area contributed by atoms with Crippen molar-refractivity contribution >= 4 is 11.6 Å². The van der Waals surface area contributed by atoms with Gasteiger partial charge in [-0.15, -0.1) is 0 Å². The highest BCUT2D eigenvalue weighted by atomic mass is 35.5. The van der Waals surface area contributed by atoms with Crippen LogP contribution in [-0.2, 0) is 6.54 Å². The van der Waals surface area contributed by atoms with Crippen molar-refractivity contribution in [1.82, 2.24) is 15.1 Å². The average Bonchev–Trinajstić information content (AvgIpc) is 2.50. The second kappa shape index (κ2) is 6.13. The van der Waals surface area contributed by atoms with E-state index in [1.54, 1.807) is 6.20 Å². The number of aryl methyl sites for hydroxylation is 1. The Morgan fingerprint density at radius 2 is 2.33 bits per heavy atom. The van der Waals surface area contributed by atoms with Gasteiger partial charge in [-0.25, -0.2) is 0 Å². The van der Waals surface area contributed by atoms with Gasteiger partial charge in [-0.1, -0.05) is 18.5 Å². The molecule has 0 aromatic carbocycles. The molecule has 1 aromatic rings. The fraction of sp³-hybridized carbons (Fsp3) is 0.727. The van der Waals surface area contributed by atoms with Crippen LogP contribution in [0.4, 0.5) is 0 Å². The summed E-state index contributed by atoms with van der Waals surface area (Å²) in [7, 11) is 0. The summed E-state index contributed by atoms with van der Waals surface area (Å²) >= 11 is 5.92. The first-order chi connectivity index (χ1) is 7.15. The van der Waals surface area contributed by atoms with Gasteiger partial charge in [0.2, 0.25) is 0 Å². The molecule has 0 bridgehead atoms. The van der Waals surface area contributed by atoms with Crippen molar-refractivity contribution in [3.63, 3.8) is 0 Å². The van der Waals surface area contributed by atoms with Crippen LogP contribution in [0.5, 0.6) is 0 Å². The van der Waals surface area contributed by atoms with Crippen LogP contribution in [0.15, 0.2) is 6.20 Å². The largest absolute Gasteiger partial charge is 0.315 e. The van der Waals surface area contributed by atoms with Gasteiger partial charge in [-0.3, -0.25) is 4.68 Å². The first-order valence-electron chi connectivity index (χ1n) is 5.56. The normalized spacial score (nSPS) is 13.1. The predicted molar refractivity (Wildman–Crippen MR) is 64.3 cm³/mol. The summed E-state index contributed by atoms with van der Waals surface area (Å²) in [6.07, 6.45) is 4.02. The van der Waals surface area contributed by atoms with E-state index in [4.69, 9.17) is 11.6 Å². The Labute approximate surface area is 96.8 Å². The predicted octanol–water partition coefficient (Wildman–Crippen LogP) is 2.62. The molecule has 1 rings (SSSR count).